The van der Waals surface area contributed by atoms with E-state index in [1.165, 1.54) is 0 Å². The van der Waals surface area contributed by atoms with Crippen molar-refractivity contribution in [3.8, 4) is 0 Å². The predicted octanol–water partition coefficient (Wildman–Crippen LogP) is 2.81. The molecule has 4 heteroatoms. The van der Waals surface area contributed by atoms with Gasteiger partial charge in [-0.2, -0.15) is 0 Å². The summed E-state index contributed by atoms with van der Waals surface area (Å²) >= 11 is 0. The van der Waals surface area contributed by atoms with Gasteiger partial charge in [0.05, 0.1) is 18.3 Å². The molecule has 1 saturated heterocycles. The third kappa shape index (κ3) is 2.80. The van der Waals surface area contributed by atoms with E-state index in [-0.39, 0.29) is 11.5 Å². The number of benzene rings is 1. The molecule has 19 heavy (non-hydrogen) atoms. The third-order valence-electron chi connectivity index (χ3n) is 3.69. The average Bonchev–Trinajstić information content (AvgIpc) is 2.70. The molecule has 0 amide bonds. The number of hydrogen-bond donors (Lipinski definition) is 1. The molecular weight excluding hydrogens is 244 g/mol. The summed E-state index contributed by atoms with van der Waals surface area (Å²) in [6.07, 6.45) is -0.0434. The van der Waals surface area contributed by atoms with Gasteiger partial charge in [-0.25, -0.2) is 4.79 Å². The van der Waals surface area contributed by atoms with Crippen LogP contribution in [0.5, 0.6) is 0 Å². The first-order valence-electron chi connectivity index (χ1n) is 6.38. The number of ether oxygens (including phenoxy) is 2. The Balaban J connectivity index is 2.22. The zero-order valence-electron chi connectivity index (χ0n) is 11.8. The molecule has 1 aliphatic rings. The fourth-order valence-electron chi connectivity index (χ4n) is 2.27. The SMILES string of the molecule is CC1(C)OCC(C(C)(C)c2ccc(C(=O)O)cc2)O1. The molecule has 1 aliphatic heterocycles. The van der Waals surface area contributed by atoms with Gasteiger partial charge in [-0.1, -0.05) is 26.0 Å². The van der Waals surface area contributed by atoms with Crippen molar-refractivity contribution in [3.63, 3.8) is 0 Å². The Morgan fingerprint density at radius 2 is 1.89 bits per heavy atom. The lowest BCUT2D eigenvalue weighted by Crippen LogP contribution is -2.37. The summed E-state index contributed by atoms with van der Waals surface area (Å²) in [5.74, 6) is -1.46. The van der Waals surface area contributed by atoms with Crippen LogP contribution in [0.2, 0.25) is 0 Å². The maximum absolute atomic E-state index is 10.9. The minimum Gasteiger partial charge on any atom is -0.478 e. The first-order chi connectivity index (χ1) is 8.72. The van der Waals surface area contributed by atoms with Crippen molar-refractivity contribution < 1.29 is 19.4 Å². The van der Waals surface area contributed by atoms with Gasteiger partial charge >= 0.3 is 5.97 Å². The van der Waals surface area contributed by atoms with Gasteiger partial charge < -0.3 is 14.6 Å². The van der Waals surface area contributed by atoms with E-state index in [4.69, 9.17) is 14.6 Å². The minimum atomic E-state index is -0.911. The topological polar surface area (TPSA) is 55.8 Å². The van der Waals surface area contributed by atoms with Crippen LogP contribution in [0.15, 0.2) is 24.3 Å². The van der Waals surface area contributed by atoms with Crippen LogP contribution in [0, 0.1) is 0 Å². The van der Waals surface area contributed by atoms with E-state index in [2.05, 4.69) is 13.8 Å². The highest BCUT2D eigenvalue weighted by Crippen LogP contribution is 2.36. The number of rotatable bonds is 3. The van der Waals surface area contributed by atoms with Crippen molar-refractivity contribution in [3.05, 3.63) is 35.4 Å². The maximum atomic E-state index is 10.9. The van der Waals surface area contributed by atoms with E-state index >= 15 is 0 Å². The van der Waals surface area contributed by atoms with Gasteiger partial charge in [-0.3, -0.25) is 0 Å². The van der Waals surface area contributed by atoms with E-state index in [1.54, 1.807) is 12.1 Å². The highest BCUT2D eigenvalue weighted by molar-refractivity contribution is 5.87. The van der Waals surface area contributed by atoms with E-state index < -0.39 is 11.8 Å². The van der Waals surface area contributed by atoms with Crippen LogP contribution in [-0.4, -0.2) is 29.6 Å². The van der Waals surface area contributed by atoms with Gasteiger partial charge in [0.1, 0.15) is 0 Å². The molecule has 1 N–H and O–H groups in total. The summed E-state index contributed by atoms with van der Waals surface area (Å²) in [6.45, 7) is 8.50. The zero-order valence-corrected chi connectivity index (χ0v) is 11.8. The third-order valence-corrected chi connectivity index (χ3v) is 3.69. The first kappa shape index (κ1) is 14.0. The largest absolute Gasteiger partial charge is 0.478 e. The molecule has 1 aromatic rings. The second-order valence-corrected chi connectivity index (χ2v) is 5.92. The zero-order chi connectivity index (χ0) is 14.3. The lowest BCUT2D eigenvalue weighted by Gasteiger charge is -2.31. The lowest BCUT2D eigenvalue weighted by molar-refractivity contribution is -0.145. The molecule has 1 aromatic carbocycles. The molecule has 1 fully saturated rings. The molecule has 1 atom stereocenters. The van der Waals surface area contributed by atoms with Crippen molar-refractivity contribution in [1.82, 2.24) is 0 Å². The molecular formula is C15H20O4. The molecule has 104 valence electrons. The number of carboxylic acid groups (broad SMARTS) is 1. The lowest BCUT2D eigenvalue weighted by atomic mass is 9.79. The Morgan fingerprint density at radius 3 is 2.32 bits per heavy atom. The van der Waals surface area contributed by atoms with E-state index in [1.807, 2.05) is 26.0 Å². The highest BCUT2D eigenvalue weighted by Gasteiger charge is 2.42. The minimum absolute atomic E-state index is 0.0434. The van der Waals surface area contributed by atoms with E-state index in [0.29, 0.717) is 12.2 Å². The molecule has 0 bridgehead atoms. The van der Waals surface area contributed by atoms with Crippen molar-refractivity contribution in [1.29, 1.82) is 0 Å². The van der Waals surface area contributed by atoms with E-state index in [9.17, 15) is 4.79 Å². The van der Waals surface area contributed by atoms with Crippen LogP contribution in [0.1, 0.15) is 43.6 Å². The van der Waals surface area contributed by atoms with Gasteiger partial charge in [0.15, 0.2) is 5.79 Å². The molecule has 0 aromatic heterocycles. The second kappa shape index (κ2) is 4.62. The monoisotopic (exact) mass is 264 g/mol. The molecule has 4 nitrogen and oxygen atoms in total. The van der Waals surface area contributed by atoms with Gasteiger partial charge in [0.2, 0.25) is 0 Å². The Kier molecular flexibility index (Phi) is 3.41. The smallest absolute Gasteiger partial charge is 0.335 e. The summed E-state index contributed by atoms with van der Waals surface area (Å²) in [5.41, 5.74) is 1.11. The van der Waals surface area contributed by atoms with Crippen LogP contribution in [0.3, 0.4) is 0 Å². The maximum Gasteiger partial charge on any atom is 0.335 e. The van der Waals surface area contributed by atoms with Crippen LogP contribution in [0.25, 0.3) is 0 Å². The Bertz CT molecular complexity index is 473. The van der Waals surface area contributed by atoms with Gasteiger partial charge in [-0.05, 0) is 31.5 Å². The number of carbonyl (C=O) groups is 1. The first-order valence-corrected chi connectivity index (χ1v) is 6.38. The molecule has 0 radical (unpaired) electrons. The van der Waals surface area contributed by atoms with Crippen LogP contribution in [-0.2, 0) is 14.9 Å². The normalized spacial score (nSPS) is 22.4. The highest BCUT2D eigenvalue weighted by atomic mass is 16.7. The summed E-state index contributed by atoms with van der Waals surface area (Å²) in [5, 5.41) is 8.91. The fourth-order valence-corrected chi connectivity index (χ4v) is 2.27. The van der Waals surface area contributed by atoms with Gasteiger partial charge in [0.25, 0.3) is 0 Å². The molecule has 2 rings (SSSR count). The van der Waals surface area contributed by atoms with Gasteiger partial charge in [-0.15, -0.1) is 0 Å². The molecule has 1 heterocycles. The quantitative estimate of drug-likeness (QED) is 0.912. The number of hydrogen-bond acceptors (Lipinski definition) is 3. The Hall–Kier alpha value is -1.39. The standard InChI is InChI=1S/C15H20O4/c1-14(2,12-9-18-15(3,4)19-12)11-7-5-10(6-8-11)13(16)17/h5-8,12H,9H2,1-4H3,(H,16,17). The Labute approximate surface area is 113 Å². The molecule has 0 saturated carbocycles. The summed E-state index contributed by atoms with van der Waals surface area (Å²) in [6, 6.07) is 6.94. The van der Waals surface area contributed by atoms with Crippen LogP contribution >= 0.6 is 0 Å². The second-order valence-electron chi connectivity index (χ2n) is 5.92. The van der Waals surface area contributed by atoms with Gasteiger partial charge in [0, 0.05) is 5.41 Å². The van der Waals surface area contributed by atoms with E-state index in [0.717, 1.165) is 5.56 Å². The predicted molar refractivity (Wildman–Crippen MR) is 71.3 cm³/mol. The molecule has 0 spiro atoms. The molecule has 1 unspecified atom stereocenters. The number of carboxylic acids is 1. The van der Waals surface area contributed by atoms with Crippen molar-refractivity contribution in [2.24, 2.45) is 0 Å². The van der Waals surface area contributed by atoms with Crippen molar-refractivity contribution >= 4 is 5.97 Å². The number of aromatic carboxylic acids is 1. The summed E-state index contributed by atoms with van der Waals surface area (Å²) < 4.78 is 11.5. The Morgan fingerprint density at radius 1 is 1.32 bits per heavy atom. The summed E-state index contributed by atoms with van der Waals surface area (Å²) in [4.78, 5) is 10.9. The summed E-state index contributed by atoms with van der Waals surface area (Å²) in [7, 11) is 0. The van der Waals surface area contributed by atoms with Crippen LogP contribution in [0.4, 0.5) is 0 Å². The van der Waals surface area contributed by atoms with Crippen LogP contribution < -0.4 is 0 Å². The fraction of sp³-hybridized carbons (Fsp3) is 0.533. The molecule has 0 aliphatic carbocycles. The van der Waals surface area contributed by atoms with Crippen molar-refractivity contribution in [2.45, 2.75) is 45.0 Å². The van der Waals surface area contributed by atoms with Crippen molar-refractivity contribution in [2.75, 3.05) is 6.61 Å². The average molecular weight is 264 g/mol.